The molecule has 2 heterocycles. The molecule has 3 rings (SSSR count). The number of quaternary nitrogens is 1. The third-order valence-electron chi connectivity index (χ3n) is 4.64. The molecule has 0 unspecified atom stereocenters. The summed E-state index contributed by atoms with van der Waals surface area (Å²) in [4.78, 5) is 3.34. The summed E-state index contributed by atoms with van der Waals surface area (Å²) in [5.41, 5.74) is 1.04. The second-order valence-electron chi connectivity index (χ2n) is 7.05. The van der Waals surface area contributed by atoms with Gasteiger partial charge in [0.2, 0.25) is 6.79 Å². The molecule has 0 radical (unpaired) electrons. The Labute approximate surface area is 160 Å². The summed E-state index contributed by atoms with van der Waals surface area (Å²) in [6.07, 6.45) is 0.636. The van der Waals surface area contributed by atoms with Crippen LogP contribution < -0.4 is 19.7 Å². The van der Waals surface area contributed by atoms with Gasteiger partial charge in [0.25, 0.3) is 0 Å². The van der Waals surface area contributed by atoms with E-state index in [-0.39, 0.29) is 24.3 Å². The maximum Gasteiger partial charge on any atom is 0.231 e. The molecule has 0 saturated carbocycles. The Kier molecular flexibility index (Phi) is 5.89. The Bertz CT molecular complexity index is 767. The van der Waals surface area contributed by atoms with E-state index in [4.69, 9.17) is 21.7 Å². The number of nitrogens with one attached hydrogen (secondary N) is 2. The van der Waals surface area contributed by atoms with Crippen LogP contribution in [-0.2, 0) is 16.4 Å². The monoisotopic (exact) mass is 400 g/mol. The van der Waals surface area contributed by atoms with Gasteiger partial charge >= 0.3 is 0 Å². The highest BCUT2D eigenvalue weighted by Gasteiger charge is 2.33. The fourth-order valence-electron chi connectivity index (χ4n) is 3.15. The lowest BCUT2D eigenvalue weighted by molar-refractivity contribution is -0.857. The number of hydrogen-bond acceptors (Lipinski definition) is 5. The fraction of sp³-hybridized carbons (Fsp3) is 0.588. The number of thiocarbonyl (C=S) groups is 1. The second kappa shape index (κ2) is 7.98. The fourth-order valence-corrected chi connectivity index (χ4v) is 5.19. The van der Waals surface area contributed by atoms with E-state index in [0.29, 0.717) is 18.1 Å². The molecule has 1 aromatic rings. The van der Waals surface area contributed by atoms with Gasteiger partial charge in [-0.15, -0.1) is 0 Å². The number of fused-ring (bicyclic) bond motifs is 1. The number of sulfone groups is 1. The Morgan fingerprint density at radius 1 is 1.35 bits per heavy atom. The normalized spacial score (nSPS) is 20.3. The van der Waals surface area contributed by atoms with E-state index >= 15 is 0 Å². The number of hydrogen-bond donors (Lipinski definition) is 2. The molecule has 2 aliphatic heterocycles. The molecule has 0 spiro atoms. The number of likely N-dealkylation sites (N-methyl/N-ethyl adjacent to an activating group) is 1. The average molecular weight is 401 g/mol. The van der Waals surface area contributed by atoms with E-state index < -0.39 is 9.84 Å². The molecule has 9 heteroatoms. The van der Waals surface area contributed by atoms with Crippen LogP contribution in [0, 0.1) is 0 Å². The van der Waals surface area contributed by atoms with Gasteiger partial charge in [-0.25, -0.2) is 8.42 Å². The van der Waals surface area contributed by atoms with Crippen molar-refractivity contribution in [2.45, 2.75) is 19.0 Å². The molecule has 0 aliphatic carbocycles. The van der Waals surface area contributed by atoms with Gasteiger partial charge in [-0.3, -0.25) is 0 Å². The van der Waals surface area contributed by atoms with Crippen LogP contribution in [-0.4, -0.2) is 70.0 Å². The Morgan fingerprint density at radius 3 is 2.81 bits per heavy atom. The molecule has 1 saturated heterocycles. The summed E-state index contributed by atoms with van der Waals surface area (Å²) < 4.78 is 34.5. The lowest BCUT2D eigenvalue weighted by Gasteiger charge is -2.31. The van der Waals surface area contributed by atoms with Crippen LogP contribution >= 0.6 is 12.2 Å². The van der Waals surface area contributed by atoms with Gasteiger partial charge in [0.05, 0.1) is 38.7 Å². The van der Waals surface area contributed by atoms with Crippen LogP contribution in [0.5, 0.6) is 11.5 Å². The van der Waals surface area contributed by atoms with Crippen molar-refractivity contribution in [2.24, 2.45) is 0 Å². The first-order valence-electron chi connectivity index (χ1n) is 8.76. The largest absolute Gasteiger partial charge is 0.454 e. The van der Waals surface area contributed by atoms with Crippen LogP contribution in [0.15, 0.2) is 18.2 Å². The zero-order chi connectivity index (χ0) is 18.7. The van der Waals surface area contributed by atoms with Crippen LogP contribution in [0.2, 0.25) is 0 Å². The molecule has 0 amide bonds. The molecule has 2 aliphatic rings. The molecule has 1 atom stereocenters. The van der Waals surface area contributed by atoms with Crippen molar-refractivity contribution < 1.29 is 22.8 Å². The van der Waals surface area contributed by atoms with E-state index in [9.17, 15) is 8.42 Å². The molecule has 0 bridgehead atoms. The standard InChI is InChI=1S/C17H25N3O4S2/c1-19(2)6-7-20(14-5-8-26(21,22)11-14)17(25)18-10-13-3-4-15-16(9-13)24-12-23-15/h3-4,9,14H,5-8,10-12H2,1-2H3,(H,18,25)/p+1/t14-/m0/s1. The zero-order valence-electron chi connectivity index (χ0n) is 15.2. The van der Waals surface area contributed by atoms with Crippen molar-refractivity contribution in [3.63, 3.8) is 0 Å². The van der Waals surface area contributed by atoms with E-state index in [1.165, 1.54) is 4.90 Å². The van der Waals surface area contributed by atoms with E-state index in [0.717, 1.165) is 30.2 Å². The Morgan fingerprint density at radius 2 is 2.12 bits per heavy atom. The highest BCUT2D eigenvalue weighted by Crippen LogP contribution is 2.32. The summed E-state index contributed by atoms with van der Waals surface area (Å²) >= 11 is 5.59. The third kappa shape index (κ3) is 4.77. The van der Waals surface area contributed by atoms with Crippen molar-refractivity contribution >= 4 is 27.2 Å². The quantitative estimate of drug-likeness (QED) is 0.619. The Balaban J connectivity index is 1.63. The number of ether oxygens (including phenoxy) is 2. The highest BCUT2D eigenvalue weighted by molar-refractivity contribution is 7.91. The minimum atomic E-state index is -2.95. The highest BCUT2D eigenvalue weighted by atomic mass is 32.2. The predicted molar refractivity (Wildman–Crippen MR) is 103 cm³/mol. The van der Waals surface area contributed by atoms with Crippen molar-refractivity contribution in [1.82, 2.24) is 10.2 Å². The average Bonchev–Trinajstić information content (AvgIpc) is 3.18. The summed E-state index contributed by atoms with van der Waals surface area (Å²) in [5.74, 6) is 1.92. The predicted octanol–water partition coefficient (Wildman–Crippen LogP) is -0.577. The topological polar surface area (TPSA) is 72.3 Å². The smallest absolute Gasteiger partial charge is 0.231 e. The minimum Gasteiger partial charge on any atom is -0.454 e. The lowest BCUT2D eigenvalue weighted by atomic mass is 10.2. The van der Waals surface area contributed by atoms with Gasteiger partial charge in [0.15, 0.2) is 26.4 Å². The lowest BCUT2D eigenvalue weighted by Crippen LogP contribution is -3.06. The third-order valence-corrected chi connectivity index (χ3v) is 6.77. The van der Waals surface area contributed by atoms with Crippen molar-refractivity contribution in [2.75, 3.05) is 45.5 Å². The first-order valence-corrected chi connectivity index (χ1v) is 11.0. The zero-order valence-corrected chi connectivity index (χ0v) is 16.8. The van der Waals surface area contributed by atoms with Crippen molar-refractivity contribution in [3.8, 4) is 11.5 Å². The second-order valence-corrected chi connectivity index (χ2v) is 9.67. The Hall–Kier alpha value is -1.58. The summed E-state index contributed by atoms with van der Waals surface area (Å²) in [7, 11) is 1.20. The van der Waals surface area contributed by atoms with E-state index in [2.05, 4.69) is 19.4 Å². The van der Waals surface area contributed by atoms with Gasteiger partial charge in [-0.05, 0) is 36.3 Å². The molecule has 0 aromatic heterocycles. The van der Waals surface area contributed by atoms with E-state index in [1.807, 2.05) is 23.1 Å². The van der Waals surface area contributed by atoms with Crippen molar-refractivity contribution in [3.05, 3.63) is 23.8 Å². The number of rotatable bonds is 6. The van der Waals surface area contributed by atoms with E-state index in [1.54, 1.807) is 0 Å². The maximum absolute atomic E-state index is 11.9. The van der Waals surface area contributed by atoms with Crippen molar-refractivity contribution in [1.29, 1.82) is 0 Å². The van der Waals surface area contributed by atoms with Crippen LogP contribution in [0.4, 0.5) is 0 Å². The first kappa shape index (κ1) is 19.2. The molecule has 7 nitrogen and oxygen atoms in total. The minimum absolute atomic E-state index is 0.0453. The number of nitrogens with zero attached hydrogens (tertiary/aromatic N) is 1. The maximum atomic E-state index is 11.9. The molecule has 26 heavy (non-hydrogen) atoms. The molecule has 2 N–H and O–H groups in total. The summed E-state index contributed by atoms with van der Waals surface area (Å²) in [5, 5.41) is 3.88. The molecular formula is C17H26N3O4S2+. The molecule has 1 fully saturated rings. The van der Waals surface area contributed by atoms with Gasteiger partial charge in [0, 0.05) is 12.6 Å². The van der Waals surface area contributed by atoms with Gasteiger partial charge in [-0.2, -0.15) is 0 Å². The van der Waals surface area contributed by atoms with Crippen LogP contribution in [0.25, 0.3) is 0 Å². The number of benzene rings is 1. The van der Waals surface area contributed by atoms with Gasteiger partial charge in [-0.1, -0.05) is 6.07 Å². The van der Waals surface area contributed by atoms with Gasteiger partial charge < -0.3 is 24.6 Å². The van der Waals surface area contributed by atoms with Crippen LogP contribution in [0.3, 0.4) is 0 Å². The van der Waals surface area contributed by atoms with Gasteiger partial charge in [0.1, 0.15) is 0 Å². The summed E-state index contributed by atoms with van der Waals surface area (Å²) in [6, 6.07) is 5.75. The SMILES string of the molecule is C[NH+](C)CCN(C(=S)NCc1ccc2c(c1)OCO2)[C@H]1CCS(=O)(=O)C1. The first-order chi connectivity index (χ1) is 12.3. The van der Waals surface area contributed by atoms with Crippen LogP contribution in [0.1, 0.15) is 12.0 Å². The molecular weight excluding hydrogens is 374 g/mol. The molecule has 1 aromatic carbocycles. The molecule has 144 valence electrons. The summed E-state index contributed by atoms with van der Waals surface area (Å²) in [6.45, 7) is 2.43.